The van der Waals surface area contributed by atoms with E-state index in [1.54, 1.807) is 6.26 Å². The number of hydrogen-bond acceptors (Lipinski definition) is 4. The lowest BCUT2D eigenvalue weighted by molar-refractivity contribution is -0.117. The summed E-state index contributed by atoms with van der Waals surface area (Å²) in [6, 6.07) is 5.97. The van der Waals surface area contributed by atoms with Crippen LogP contribution in [0.3, 0.4) is 0 Å². The Kier molecular flexibility index (Phi) is 5.48. The molecule has 6 nitrogen and oxygen atoms in total. The number of nitriles is 1. The van der Waals surface area contributed by atoms with Crippen molar-refractivity contribution in [3.05, 3.63) is 41.0 Å². The summed E-state index contributed by atoms with van der Waals surface area (Å²) in [6.07, 6.45) is 3.98. The molecule has 138 valence electrons. The van der Waals surface area contributed by atoms with E-state index in [9.17, 15) is 10.1 Å². The maximum Gasteiger partial charge on any atom is 0.239 e. The molecular formula is C20H26N4O2. The molecule has 1 aliphatic heterocycles. The second-order valence-electron chi connectivity index (χ2n) is 7.24. The number of nitrogens with zero attached hydrogens (tertiary/aromatic N) is 3. The maximum absolute atomic E-state index is 12.6. The van der Waals surface area contributed by atoms with Gasteiger partial charge in [-0.2, -0.15) is 5.26 Å². The number of amides is 1. The zero-order valence-electron chi connectivity index (χ0n) is 15.7. The molecule has 2 aromatic rings. The SMILES string of the molecule is Cc1c(C#N)c(NC(=O)CN2CCC[C@H](C)C2)n(Cc2ccco2)c1C. The Bertz CT molecular complexity index is 814. The Morgan fingerprint density at radius 3 is 2.92 bits per heavy atom. The van der Waals surface area contributed by atoms with Gasteiger partial charge < -0.3 is 14.3 Å². The topological polar surface area (TPSA) is 74.2 Å². The Morgan fingerprint density at radius 1 is 1.46 bits per heavy atom. The van der Waals surface area contributed by atoms with Crippen LogP contribution in [0.1, 0.15) is 42.3 Å². The van der Waals surface area contributed by atoms with Crippen molar-refractivity contribution in [1.82, 2.24) is 9.47 Å². The fourth-order valence-electron chi connectivity index (χ4n) is 3.69. The van der Waals surface area contributed by atoms with Gasteiger partial charge in [-0.05, 0) is 56.8 Å². The molecule has 0 aliphatic carbocycles. The molecule has 0 unspecified atom stereocenters. The third-order valence-electron chi connectivity index (χ3n) is 5.20. The van der Waals surface area contributed by atoms with Gasteiger partial charge in [0.25, 0.3) is 0 Å². The molecule has 0 aromatic carbocycles. The first-order valence-corrected chi connectivity index (χ1v) is 9.14. The first-order valence-electron chi connectivity index (χ1n) is 9.14. The molecule has 2 aromatic heterocycles. The first-order chi connectivity index (χ1) is 12.5. The fourth-order valence-corrected chi connectivity index (χ4v) is 3.69. The maximum atomic E-state index is 12.6. The van der Waals surface area contributed by atoms with E-state index in [1.807, 2.05) is 30.5 Å². The summed E-state index contributed by atoms with van der Waals surface area (Å²) in [6.45, 7) is 8.84. The van der Waals surface area contributed by atoms with Crippen molar-refractivity contribution in [1.29, 1.82) is 5.26 Å². The highest BCUT2D eigenvalue weighted by molar-refractivity contribution is 5.93. The number of hydrogen-bond donors (Lipinski definition) is 1. The van der Waals surface area contributed by atoms with Crippen LogP contribution >= 0.6 is 0 Å². The fraction of sp³-hybridized carbons (Fsp3) is 0.500. The minimum atomic E-state index is -0.0752. The largest absolute Gasteiger partial charge is 0.467 e. The smallest absolute Gasteiger partial charge is 0.239 e. The van der Waals surface area contributed by atoms with Gasteiger partial charge in [0, 0.05) is 12.2 Å². The van der Waals surface area contributed by atoms with Gasteiger partial charge in [0.15, 0.2) is 0 Å². The average molecular weight is 354 g/mol. The van der Waals surface area contributed by atoms with Crippen LogP contribution in [-0.2, 0) is 11.3 Å². The van der Waals surface area contributed by atoms with Gasteiger partial charge in [-0.1, -0.05) is 6.92 Å². The van der Waals surface area contributed by atoms with Crippen LogP contribution in [-0.4, -0.2) is 35.0 Å². The number of carbonyl (C=O) groups excluding carboxylic acids is 1. The van der Waals surface area contributed by atoms with E-state index < -0.39 is 0 Å². The first kappa shape index (κ1) is 18.3. The number of piperidine rings is 1. The van der Waals surface area contributed by atoms with Crippen molar-refractivity contribution in [2.24, 2.45) is 5.92 Å². The van der Waals surface area contributed by atoms with Crippen LogP contribution in [0, 0.1) is 31.1 Å². The Labute approximate surface area is 154 Å². The third kappa shape index (κ3) is 3.83. The highest BCUT2D eigenvalue weighted by atomic mass is 16.3. The van der Waals surface area contributed by atoms with E-state index in [1.165, 1.54) is 6.42 Å². The number of aromatic nitrogens is 1. The average Bonchev–Trinajstić information content (AvgIpc) is 3.18. The van der Waals surface area contributed by atoms with Gasteiger partial charge in [0.1, 0.15) is 17.6 Å². The molecule has 0 radical (unpaired) electrons. The van der Waals surface area contributed by atoms with Crippen molar-refractivity contribution in [3.63, 3.8) is 0 Å². The van der Waals surface area contributed by atoms with Gasteiger partial charge in [-0.25, -0.2) is 0 Å². The number of furan rings is 1. The van der Waals surface area contributed by atoms with Crippen molar-refractivity contribution in [2.45, 2.75) is 40.2 Å². The molecule has 0 saturated carbocycles. The minimum absolute atomic E-state index is 0.0752. The highest BCUT2D eigenvalue weighted by Crippen LogP contribution is 2.27. The van der Waals surface area contributed by atoms with E-state index in [4.69, 9.17) is 4.42 Å². The quantitative estimate of drug-likeness (QED) is 0.894. The zero-order valence-corrected chi connectivity index (χ0v) is 15.7. The van der Waals surface area contributed by atoms with Crippen molar-refractivity contribution < 1.29 is 9.21 Å². The number of rotatable bonds is 5. The van der Waals surface area contributed by atoms with E-state index >= 15 is 0 Å². The zero-order chi connectivity index (χ0) is 18.7. The van der Waals surface area contributed by atoms with Gasteiger partial charge >= 0.3 is 0 Å². The summed E-state index contributed by atoms with van der Waals surface area (Å²) in [7, 11) is 0. The molecule has 0 spiro atoms. The van der Waals surface area contributed by atoms with Crippen LogP contribution in [0.2, 0.25) is 0 Å². The van der Waals surface area contributed by atoms with E-state index in [2.05, 4.69) is 23.2 Å². The summed E-state index contributed by atoms with van der Waals surface area (Å²) in [5.74, 6) is 1.90. The lowest BCUT2D eigenvalue weighted by Crippen LogP contribution is -2.40. The standard InChI is InChI=1S/C20H26N4O2/c1-14-6-4-8-23(11-14)13-19(25)22-20-18(10-21)15(2)16(3)24(20)12-17-7-5-9-26-17/h5,7,9,14H,4,6,8,11-13H2,1-3H3,(H,22,25)/t14-/m0/s1. The van der Waals surface area contributed by atoms with Gasteiger partial charge in [-0.3, -0.25) is 9.69 Å². The minimum Gasteiger partial charge on any atom is -0.467 e. The second-order valence-corrected chi connectivity index (χ2v) is 7.24. The third-order valence-corrected chi connectivity index (χ3v) is 5.20. The second kappa shape index (κ2) is 7.79. The molecule has 6 heteroatoms. The Morgan fingerprint density at radius 2 is 2.27 bits per heavy atom. The van der Waals surface area contributed by atoms with Gasteiger partial charge in [-0.15, -0.1) is 0 Å². The number of anilines is 1. The van der Waals surface area contributed by atoms with Crippen molar-refractivity contribution >= 4 is 11.7 Å². The molecule has 3 heterocycles. The van der Waals surface area contributed by atoms with Crippen molar-refractivity contribution in [2.75, 3.05) is 25.0 Å². The van der Waals surface area contributed by atoms with E-state index in [0.29, 0.717) is 30.4 Å². The summed E-state index contributed by atoms with van der Waals surface area (Å²) < 4.78 is 7.39. The molecule has 1 fully saturated rings. The molecule has 1 N–H and O–H groups in total. The Hall–Kier alpha value is -2.52. The summed E-state index contributed by atoms with van der Waals surface area (Å²) in [5.41, 5.74) is 2.37. The van der Waals surface area contributed by atoms with Crippen LogP contribution in [0.4, 0.5) is 5.82 Å². The number of nitrogens with one attached hydrogen (secondary N) is 1. The summed E-state index contributed by atoms with van der Waals surface area (Å²) >= 11 is 0. The molecular weight excluding hydrogens is 328 g/mol. The number of carbonyl (C=O) groups is 1. The van der Waals surface area contributed by atoms with E-state index in [-0.39, 0.29) is 5.91 Å². The summed E-state index contributed by atoms with van der Waals surface area (Å²) in [4.78, 5) is 14.8. The number of likely N-dealkylation sites (tertiary alicyclic amines) is 1. The van der Waals surface area contributed by atoms with Crippen LogP contribution in [0.15, 0.2) is 22.8 Å². The monoisotopic (exact) mass is 354 g/mol. The molecule has 1 atom stereocenters. The molecule has 1 saturated heterocycles. The highest BCUT2D eigenvalue weighted by Gasteiger charge is 2.23. The van der Waals surface area contributed by atoms with Gasteiger partial charge in [0.05, 0.1) is 24.9 Å². The van der Waals surface area contributed by atoms with Crippen LogP contribution < -0.4 is 5.32 Å². The van der Waals surface area contributed by atoms with Gasteiger partial charge in [0.2, 0.25) is 5.91 Å². The summed E-state index contributed by atoms with van der Waals surface area (Å²) in [5, 5.41) is 12.6. The molecule has 0 bridgehead atoms. The Balaban J connectivity index is 1.80. The van der Waals surface area contributed by atoms with E-state index in [0.717, 1.165) is 36.5 Å². The lowest BCUT2D eigenvalue weighted by atomic mass is 10.0. The van der Waals surface area contributed by atoms with Crippen molar-refractivity contribution in [3.8, 4) is 6.07 Å². The van der Waals surface area contributed by atoms with Crippen LogP contribution in [0.5, 0.6) is 0 Å². The molecule has 3 rings (SSSR count). The molecule has 26 heavy (non-hydrogen) atoms. The predicted octanol–water partition coefficient (Wildman–Crippen LogP) is 3.29. The molecule has 1 aliphatic rings. The van der Waals surface area contributed by atoms with Crippen LogP contribution in [0.25, 0.3) is 0 Å². The molecule has 1 amide bonds. The normalized spacial score (nSPS) is 17.8. The predicted molar refractivity (Wildman–Crippen MR) is 99.9 cm³/mol. The lowest BCUT2D eigenvalue weighted by Gasteiger charge is -2.30.